The maximum Gasteiger partial charge on any atom is 0.333 e. The van der Waals surface area contributed by atoms with Crippen LogP contribution in [0.15, 0.2) is 0 Å². The van der Waals surface area contributed by atoms with Crippen LogP contribution in [0.4, 0.5) is 0 Å². The topological polar surface area (TPSA) is 101 Å². The molecule has 6 heteroatoms. The van der Waals surface area contributed by atoms with Crippen LogP contribution in [0.25, 0.3) is 0 Å². The molecule has 0 heterocycles. The Morgan fingerprint density at radius 1 is 0.714 bits per heavy atom. The maximum atomic E-state index is 11.5. The summed E-state index contributed by atoms with van der Waals surface area (Å²) in [5, 5.41) is 17.5. The normalized spacial score (nSPS) is 12.1. The van der Waals surface area contributed by atoms with E-state index in [2.05, 4.69) is 18.6 Å². The summed E-state index contributed by atoms with van der Waals surface area (Å²) in [6.45, 7) is 4.56. The van der Waals surface area contributed by atoms with Crippen LogP contribution in [0, 0.1) is 5.92 Å². The predicted octanol–water partition coefficient (Wildman–Crippen LogP) is 5.01. The first-order valence-corrected chi connectivity index (χ1v) is 11.0. The number of esters is 2. The molecule has 28 heavy (non-hydrogen) atoms. The van der Waals surface area contributed by atoms with Gasteiger partial charge in [-0.3, -0.25) is 9.59 Å². The molecule has 0 aliphatic heterocycles. The molecule has 0 saturated heterocycles. The molecule has 0 saturated carbocycles. The summed E-state index contributed by atoms with van der Waals surface area (Å²) in [6, 6.07) is 0. The van der Waals surface area contributed by atoms with Gasteiger partial charge in [0.05, 0.1) is 6.42 Å². The van der Waals surface area contributed by atoms with Gasteiger partial charge in [0.1, 0.15) is 0 Å². The van der Waals surface area contributed by atoms with Crippen LogP contribution < -0.4 is 0 Å². The summed E-state index contributed by atoms with van der Waals surface area (Å²) in [5.74, 6) is -2.34. The lowest BCUT2D eigenvalue weighted by molar-refractivity contribution is -0.164. The number of aliphatic hydroxyl groups excluding tert-OH is 1. The molecule has 0 aromatic rings. The quantitative estimate of drug-likeness (QED) is 0.190. The van der Waals surface area contributed by atoms with Gasteiger partial charge in [-0.1, -0.05) is 90.9 Å². The highest BCUT2D eigenvalue weighted by Gasteiger charge is 2.20. The summed E-state index contributed by atoms with van der Waals surface area (Å²) in [4.78, 5) is 33.1. The molecule has 0 aliphatic carbocycles. The highest BCUT2D eigenvalue weighted by Crippen LogP contribution is 2.14. The van der Waals surface area contributed by atoms with E-state index in [4.69, 9.17) is 10.2 Å². The smallest absolute Gasteiger partial charge is 0.333 e. The highest BCUT2D eigenvalue weighted by molar-refractivity contribution is 5.88. The third-order valence-corrected chi connectivity index (χ3v) is 4.79. The number of aliphatic hydroxyl groups is 1. The zero-order valence-electron chi connectivity index (χ0n) is 17.8. The number of carboxylic acids is 1. The zero-order chi connectivity index (χ0) is 21.2. The Balaban J connectivity index is 3.35. The minimum absolute atomic E-state index is 0.145. The van der Waals surface area contributed by atoms with Gasteiger partial charge in [-0.15, -0.1) is 0 Å². The Morgan fingerprint density at radius 2 is 1.14 bits per heavy atom. The summed E-state index contributed by atoms with van der Waals surface area (Å²) >= 11 is 0. The second-order valence-corrected chi connectivity index (χ2v) is 8.08. The van der Waals surface area contributed by atoms with E-state index in [9.17, 15) is 14.4 Å². The zero-order valence-corrected chi connectivity index (χ0v) is 17.8. The van der Waals surface area contributed by atoms with Crippen LogP contribution in [-0.4, -0.2) is 34.2 Å². The van der Waals surface area contributed by atoms with Gasteiger partial charge in [0.2, 0.25) is 0 Å². The third-order valence-electron chi connectivity index (χ3n) is 4.79. The maximum absolute atomic E-state index is 11.5. The van der Waals surface area contributed by atoms with Crippen molar-refractivity contribution in [3.05, 3.63) is 0 Å². The molecule has 0 bridgehead atoms. The minimum Gasteiger partial charge on any atom is -0.479 e. The molecule has 0 aliphatic rings. The average molecular weight is 401 g/mol. The molecule has 0 radical (unpaired) electrons. The standard InChI is InChI=1S/C22H40O6/c1-18(2)15-13-11-9-7-5-3-4-6-8-10-12-14-16-20(24)28-21(25)17-19(23)22(26)27/h18-19,23H,3-17H2,1-2H3,(H,26,27). The highest BCUT2D eigenvalue weighted by atomic mass is 16.6. The van der Waals surface area contributed by atoms with Crippen LogP contribution in [0.5, 0.6) is 0 Å². The molecule has 1 unspecified atom stereocenters. The average Bonchev–Trinajstić information content (AvgIpc) is 2.61. The van der Waals surface area contributed by atoms with Crippen LogP contribution in [0.3, 0.4) is 0 Å². The summed E-state index contributed by atoms with van der Waals surface area (Å²) < 4.78 is 4.49. The molecule has 1 atom stereocenters. The second-order valence-electron chi connectivity index (χ2n) is 8.08. The number of carbonyl (C=O) groups excluding carboxylic acids is 2. The van der Waals surface area contributed by atoms with Crippen LogP contribution in [-0.2, 0) is 19.1 Å². The number of carboxylic acid groups (broad SMARTS) is 1. The molecule has 0 aromatic carbocycles. The first kappa shape index (κ1) is 26.6. The lowest BCUT2D eigenvalue weighted by atomic mass is 10.0. The summed E-state index contributed by atoms with van der Waals surface area (Å²) in [6.07, 6.45) is 13.3. The van der Waals surface area contributed by atoms with Gasteiger partial charge in [-0.2, -0.15) is 0 Å². The van der Waals surface area contributed by atoms with Gasteiger partial charge in [0.25, 0.3) is 0 Å². The molecule has 2 N–H and O–H groups in total. The van der Waals surface area contributed by atoms with Crippen molar-refractivity contribution in [2.75, 3.05) is 0 Å². The number of hydrogen-bond donors (Lipinski definition) is 2. The molecular formula is C22H40O6. The largest absolute Gasteiger partial charge is 0.479 e. The van der Waals surface area contributed by atoms with Gasteiger partial charge in [-0.25, -0.2) is 4.79 Å². The Bertz CT molecular complexity index is 433. The fraction of sp³-hybridized carbons (Fsp3) is 0.864. The van der Waals surface area contributed by atoms with Crippen molar-refractivity contribution < 1.29 is 29.3 Å². The number of carbonyl (C=O) groups is 3. The van der Waals surface area contributed by atoms with Gasteiger partial charge in [0, 0.05) is 6.42 Å². The number of aliphatic carboxylic acids is 1. The number of ether oxygens (including phenoxy) is 1. The van der Waals surface area contributed by atoms with E-state index < -0.39 is 30.4 Å². The van der Waals surface area contributed by atoms with Crippen molar-refractivity contribution >= 4 is 17.9 Å². The Morgan fingerprint density at radius 3 is 1.57 bits per heavy atom. The molecule has 0 rings (SSSR count). The van der Waals surface area contributed by atoms with E-state index in [1.54, 1.807) is 0 Å². The molecule has 0 aromatic heterocycles. The lowest BCUT2D eigenvalue weighted by Crippen LogP contribution is -2.25. The fourth-order valence-electron chi connectivity index (χ4n) is 3.05. The van der Waals surface area contributed by atoms with Gasteiger partial charge in [0.15, 0.2) is 6.10 Å². The van der Waals surface area contributed by atoms with Crippen molar-refractivity contribution in [1.29, 1.82) is 0 Å². The number of unbranched alkanes of at least 4 members (excludes halogenated alkanes) is 11. The summed E-state index contributed by atoms with van der Waals surface area (Å²) in [7, 11) is 0. The van der Waals surface area contributed by atoms with E-state index in [-0.39, 0.29) is 6.42 Å². The third kappa shape index (κ3) is 18.0. The number of rotatable bonds is 18. The van der Waals surface area contributed by atoms with E-state index in [1.165, 1.54) is 57.8 Å². The first-order chi connectivity index (χ1) is 13.3. The minimum atomic E-state index is -1.83. The molecular weight excluding hydrogens is 360 g/mol. The van der Waals surface area contributed by atoms with Crippen LogP contribution in [0.1, 0.15) is 110 Å². The predicted molar refractivity (Wildman–Crippen MR) is 109 cm³/mol. The fourth-order valence-corrected chi connectivity index (χ4v) is 3.05. The molecule has 6 nitrogen and oxygen atoms in total. The second kappa shape index (κ2) is 17.7. The van der Waals surface area contributed by atoms with Crippen molar-refractivity contribution in [2.45, 2.75) is 116 Å². The van der Waals surface area contributed by atoms with Crippen LogP contribution >= 0.6 is 0 Å². The van der Waals surface area contributed by atoms with Gasteiger partial charge in [-0.05, 0) is 12.3 Å². The van der Waals surface area contributed by atoms with Crippen LogP contribution in [0.2, 0.25) is 0 Å². The Hall–Kier alpha value is -1.43. The van der Waals surface area contributed by atoms with Crippen molar-refractivity contribution in [2.24, 2.45) is 5.92 Å². The lowest BCUT2D eigenvalue weighted by Gasteiger charge is -2.06. The Labute approximate surface area is 170 Å². The summed E-state index contributed by atoms with van der Waals surface area (Å²) in [5.41, 5.74) is 0. The molecule has 164 valence electrons. The molecule has 0 spiro atoms. The number of hydrogen-bond acceptors (Lipinski definition) is 5. The first-order valence-electron chi connectivity index (χ1n) is 11.0. The molecule has 0 amide bonds. The Kier molecular flexibility index (Phi) is 16.8. The van der Waals surface area contributed by atoms with Crippen molar-refractivity contribution in [3.8, 4) is 0 Å². The van der Waals surface area contributed by atoms with Gasteiger partial charge >= 0.3 is 17.9 Å². The van der Waals surface area contributed by atoms with Gasteiger partial charge < -0.3 is 14.9 Å². The van der Waals surface area contributed by atoms with Crippen molar-refractivity contribution in [1.82, 2.24) is 0 Å². The van der Waals surface area contributed by atoms with E-state index in [1.807, 2.05) is 0 Å². The van der Waals surface area contributed by atoms with E-state index in [0.717, 1.165) is 25.2 Å². The molecule has 0 fully saturated rings. The monoisotopic (exact) mass is 400 g/mol. The SMILES string of the molecule is CC(C)CCCCCCCCCCCCCCC(=O)OC(=O)CC(O)C(=O)O. The van der Waals surface area contributed by atoms with E-state index >= 15 is 0 Å². The van der Waals surface area contributed by atoms with Crippen molar-refractivity contribution in [3.63, 3.8) is 0 Å². The van der Waals surface area contributed by atoms with E-state index in [0.29, 0.717) is 6.42 Å².